The van der Waals surface area contributed by atoms with E-state index in [1.807, 2.05) is 0 Å². The number of nitrogens with zero attached hydrogens (tertiary/aromatic N) is 2. The largest absolute Gasteiger partial charge is 0.483 e. The Hall–Kier alpha value is -1.40. The average Bonchev–Trinajstić information content (AvgIpc) is 2.30. The van der Waals surface area contributed by atoms with E-state index in [1.54, 1.807) is 0 Å². The second kappa shape index (κ2) is 6.68. The molecule has 19 heavy (non-hydrogen) atoms. The van der Waals surface area contributed by atoms with Gasteiger partial charge in [-0.3, -0.25) is 9.34 Å². The minimum atomic E-state index is -5.84. The quantitative estimate of drug-likeness (QED) is 0.483. The van der Waals surface area contributed by atoms with Crippen LogP contribution in [0.15, 0.2) is 51.1 Å². The molecule has 0 spiro atoms. The van der Waals surface area contributed by atoms with Crippen molar-refractivity contribution in [2.75, 3.05) is 0 Å². The zero-order chi connectivity index (χ0) is 15.3. The number of alkyl halides is 5. The fourth-order valence-electron chi connectivity index (χ4n) is 0.796. The van der Waals surface area contributed by atoms with Crippen LogP contribution in [0.4, 0.5) is 22.0 Å². The Labute approximate surface area is 108 Å². The average molecular weight is 302 g/mol. The Bertz CT molecular complexity index is 322. The third-order valence-electron chi connectivity index (χ3n) is 1.67. The molecule has 0 rings (SSSR count). The van der Waals surface area contributed by atoms with Gasteiger partial charge in [0.25, 0.3) is 8.45 Å². The lowest BCUT2D eigenvalue weighted by Crippen LogP contribution is -2.39. The van der Waals surface area contributed by atoms with Crippen LogP contribution in [0, 0.1) is 0 Å². The first-order valence-corrected chi connectivity index (χ1v) is 5.81. The van der Waals surface area contributed by atoms with Crippen LogP contribution in [0.2, 0.25) is 0 Å². The molecule has 0 bridgehead atoms. The van der Waals surface area contributed by atoms with Crippen LogP contribution >= 0.6 is 8.45 Å². The molecule has 0 amide bonds. The molecule has 9 heteroatoms. The lowest BCUT2D eigenvalue weighted by molar-refractivity contribution is -0.360. The highest BCUT2D eigenvalue weighted by Crippen LogP contribution is 2.53. The molecule has 3 nitrogen and oxygen atoms in total. The van der Waals surface area contributed by atoms with E-state index in [1.165, 1.54) is 0 Å². The Morgan fingerprint density at radius 1 is 0.789 bits per heavy atom. The van der Waals surface area contributed by atoms with E-state index >= 15 is 0 Å². The standard InChI is InChI=1S/C10H12F5N2OP/c1-5-16(6-2)19(17(7-3)8-4)18-10(14,15)9(11,12)13/h5-8H,1-4H2. The van der Waals surface area contributed by atoms with Gasteiger partial charge in [0, 0.05) is 24.8 Å². The molecule has 0 aliphatic rings. The van der Waals surface area contributed by atoms with Crippen molar-refractivity contribution < 1.29 is 26.5 Å². The Kier molecular flexibility index (Phi) is 6.18. The van der Waals surface area contributed by atoms with Gasteiger partial charge in [0.2, 0.25) is 0 Å². The van der Waals surface area contributed by atoms with Gasteiger partial charge in [0.05, 0.1) is 0 Å². The molecule has 0 fully saturated rings. The van der Waals surface area contributed by atoms with Crippen LogP contribution in [0.1, 0.15) is 0 Å². The molecule has 0 aromatic heterocycles. The normalized spacial score (nSPS) is 11.9. The molecule has 0 aliphatic carbocycles. The maximum atomic E-state index is 12.9. The maximum Gasteiger partial charge on any atom is 0.483 e. The fraction of sp³-hybridized carbons (Fsp3) is 0.200. The molecule has 0 aliphatic heterocycles. The molecular formula is C10H12F5N2OP. The van der Waals surface area contributed by atoms with Crippen molar-refractivity contribution >= 4 is 8.45 Å². The monoisotopic (exact) mass is 302 g/mol. The molecule has 0 aromatic rings. The maximum absolute atomic E-state index is 12.9. The lowest BCUT2D eigenvalue weighted by Gasteiger charge is -2.34. The van der Waals surface area contributed by atoms with Gasteiger partial charge in [-0.05, 0) is 0 Å². The number of rotatable bonds is 8. The van der Waals surface area contributed by atoms with Crippen LogP contribution in [-0.2, 0) is 4.52 Å². The van der Waals surface area contributed by atoms with Gasteiger partial charge in [-0.1, -0.05) is 26.3 Å². The second-order valence-electron chi connectivity index (χ2n) is 2.85. The zero-order valence-corrected chi connectivity index (χ0v) is 10.7. The Morgan fingerprint density at radius 3 is 1.32 bits per heavy atom. The van der Waals surface area contributed by atoms with Crippen LogP contribution < -0.4 is 0 Å². The summed E-state index contributed by atoms with van der Waals surface area (Å²) < 4.78 is 67.8. The molecule has 108 valence electrons. The van der Waals surface area contributed by atoms with Crippen molar-refractivity contribution in [1.29, 1.82) is 0 Å². The summed E-state index contributed by atoms with van der Waals surface area (Å²) in [5.41, 5.74) is 0. The van der Waals surface area contributed by atoms with Gasteiger partial charge < -0.3 is 0 Å². The molecular weight excluding hydrogens is 290 g/mol. The minimum Gasteiger partial charge on any atom is -0.294 e. The van der Waals surface area contributed by atoms with Crippen LogP contribution in [0.3, 0.4) is 0 Å². The second-order valence-corrected chi connectivity index (χ2v) is 4.46. The van der Waals surface area contributed by atoms with Crippen molar-refractivity contribution in [2.24, 2.45) is 0 Å². The molecule has 0 saturated heterocycles. The van der Waals surface area contributed by atoms with Crippen molar-refractivity contribution in [3.63, 3.8) is 0 Å². The lowest BCUT2D eigenvalue weighted by atomic mass is 10.6. The molecule has 0 aromatic carbocycles. The van der Waals surface area contributed by atoms with Crippen LogP contribution in [0.5, 0.6) is 0 Å². The summed E-state index contributed by atoms with van der Waals surface area (Å²) in [6.07, 6.45) is -7.20. The zero-order valence-electron chi connectivity index (χ0n) is 9.78. The number of hydrogen-bond acceptors (Lipinski definition) is 3. The first kappa shape index (κ1) is 17.6. The summed E-state index contributed by atoms with van der Waals surface area (Å²) in [6, 6.07) is 0. The van der Waals surface area contributed by atoms with Gasteiger partial charge in [-0.2, -0.15) is 22.0 Å². The van der Waals surface area contributed by atoms with Crippen LogP contribution in [-0.4, -0.2) is 21.6 Å². The van der Waals surface area contributed by atoms with Crippen molar-refractivity contribution in [2.45, 2.75) is 12.3 Å². The Balaban J connectivity index is 5.38. The summed E-state index contributed by atoms with van der Waals surface area (Å²) in [4.78, 5) is 0. The van der Waals surface area contributed by atoms with E-state index in [-0.39, 0.29) is 0 Å². The smallest absolute Gasteiger partial charge is 0.294 e. The van der Waals surface area contributed by atoms with E-state index in [0.29, 0.717) is 0 Å². The first-order valence-electron chi connectivity index (χ1n) is 4.65. The SMILES string of the molecule is C=CN(C=C)P(OC(F)(F)C(F)(F)F)N(C=C)C=C. The minimum absolute atomic E-state index is 0.859. The van der Waals surface area contributed by atoms with Gasteiger partial charge in [0.1, 0.15) is 0 Å². The first-order chi connectivity index (χ1) is 8.64. The van der Waals surface area contributed by atoms with Gasteiger partial charge in [-0.15, -0.1) is 0 Å². The highest BCUT2D eigenvalue weighted by molar-refractivity contribution is 7.47. The molecule has 0 N–H and O–H groups in total. The van der Waals surface area contributed by atoms with E-state index in [0.717, 1.165) is 34.1 Å². The molecule has 0 heterocycles. The van der Waals surface area contributed by atoms with E-state index in [9.17, 15) is 22.0 Å². The highest BCUT2D eigenvalue weighted by Gasteiger charge is 2.61. The number of halogens is 5. The molecule has 0 unspecified atom stereocenters. The van der Waals surface area contributed by atoms with Crippen LogP contribution in [0.25, 0.3) is 0 Å². The topological polar surface area (TPSA) is 15.7 Å². The predicted octanol–water partition coefficient (Wildman–Crippen LogP) is 4.56. The van der Waals surface area contributed by atoms with E-state index in [2.05, 4.69) is 30.8 Å². The van der Waals surface area contributed by atoms with Gasteiger partial charge in [0.15, 0.2) is 0 Å². The summed E-state index contributed by atoms with van der Waals surface area (Å²) in [5, 5.41) is 0. The molecule has 0 atom stereocenters. The van der Waals surface area contributed by atoms with Gasteiger partial charge >= 0.3 is 12.3 Å². The third kappa shape index (κ3) is 4.33. The van der Waals surface area contributed by atoms with Crippen molar-refractivity contribution in [1.82, 2.24) is 9.34 Å². The highest BCUT2D eigenvalue weighted by atomic mass is 31.2. The fourth-order valence-corrected chi connectivity index (χ4v) is 2.09. The summed E-state index contributed by atoms with van der Waals surface area (Å²) >= 11 is 0. The van der Waals surface area contributed by atoms with Crippen molar-refractivity contribution in [3.05, 3.63) is 51.1 Å². The summed E-state index contributed by atoms with van der Waals surface area (Å²) in [7, 11) is -2.62. The van der Waals surface area contributed by atoms with E-state index < -0.39 is 20.7 Å². The van der Waals surface area contributed by atoms with Gasteiger partial charge in [-0.25, -0.2) is 4.52 Å². The summed E-state index contributed by atoms with van der Waals surface area (Å²) in [5.74, 6) is 0. The Morgan fingerprint density at radius 2 is 1.11 bits per heavy atom. The van der Waals surface area contributed by atoms with Crippen molar-refractivity contribution in [3.8, 4) is 0 Å². The predicted molar refractivity (Wildman–Crippen MR) is 63.5 cm³/mol. The molecule has 0 saturated carbocycles. The summed E-state index contributed by atoms with van der Waals surface area (Å²) in [6.45, 7) is 13.1. The molecule has 0 radical (unpaired) electrons. The van der Waals surface area contributed by atoms with E-state index in [4.69, 9.17) is 0 Å². The number of hydrogen-bond donors (Lipinski definition) is 0. The third-order valence-corrected chi connectivity index (χ3v) is 3.51.